The van der Waals surface area contributed by atoms with E-state index in [0.717, 1.165) is 5.57 Å². The SMILES string of the molecule is O=C(O)CC1C(CCC(O)CCCCC(F)(F)F)=CCC1O. The van der Waals surface area contributed by atoms with Crippen molar-refractivity contribution in [3.63, 3.8) is 0 Å². The number of aliphatic hydroxyl groups excluding tert-OH is 2. The molecule has 3 N–H and O–H groups in total. The summed E-state index contributed by atoms with van der Waals surface area (Å²) in [4.78, 5) is 10.8. The molecule has 0 aromatic carbocycles. The van der Waals surface area contributed by atoms with E-state index in [0.29, 0.717) is 32.1 Å². The quantitative estimate of drug-likeness (QED) is 0.450. The molecule has 0 saturated heterocycles. The number of halogens is 3. The second-order valence-electron chi connectivity index (χ2n) is 5.84. The highest BCUT2D eigenvalue weighted by molar-refractivity contribution is 5.67. The van der Waals surface area contributed by atoms with Gasteiger partial charge >= 0.3 is 12.1 Å². The Labute approximate surface area is 127 Å². The van der Waals surface area contributed by atoms with E-state index in [-0.39, 0.29) is 12.8 Å². The van der Waals surface area contributed by atoms with Crippen molar-refractivity contribution in [2.24, 2.45) is 5.92 Å². The fraction of sp³-hybridized carbons (Fsp3) is 0.800. The highest BCUT2D eigenvalue weighted by atomic mass is 19.4. The van der Waals surface area contributed by atoms with Gasteiger partial charge in [-0.25, -0.2) is 0 Å². The molecule has 4 nitrogen and oxygen atoms in total. The second-order valence-corrected chi connectivity index (χ2v) is 5.84. The highest BCUT2D eigenvalue weighted by Crippen LogP contribution is 2.33. The first kappa shape index (κ1) is 19.0. The van der Waals surface area contributed by atoms with Crippen LogP contribution in [0.25, 0.3) is 0 Å². The number of aliphatic carboxylic acids is 1. The third-order valence-electron chi connectivity index (χ3n) is 3.97. The summed E-state index contributed by atoms with van der Waals surface area (Å²) in [6, 6.07) is 0. The largest absolute Gasteiger partial charge is 0.481 e. The molecule has 0 saturated carbocycles. The molecule has 1 rings (SSSR count). The van der Waals surface area contributed by atoms with Crippen LogP contribution in [0.3, 0.4) is 0 Å². The zero-order valence-corrected chi connectivity index (χ0v) is 12.4. The lowest BCUT2D eigenvalue weighted by Gasteiger charge is -2.18. The van der Waals surface area contributed by atoms with Crippen molar-refractivity contribution >= 4 is 5.97 Å². The first-order valence-electron chi connectivity index (χ1n) is 7.52. The van der Waals surface area contributed by atoms with Crippen molar-refractivity contribution in [3.8, 4) is 0 Å². The minimum Gasteiger partial charge on any atom is -0.481 e. The molecule has 7 heteroatoms. The number of unbranched alkanes of at least 4 members (excludes halogenated alkanes) is 1. The monoisotopic (exact) mass is 324 g/mol. The minimum absolute atomic E-state index is 0.00358. The van der Waals surface area contributed by atoms with Gasteiger partial charge in [-0.1, -0.05) is 18.1 Å². The number of carboxylic acids is 1. The Balaban J connectivity index is 2.25. The van der Waals surface area contributed by atoms with Crippen LogP contribution in [0.5, 0.6) is 0 Å². The minimum atomic E-state index is -4.15. The predicted molar refractivity (Wildman–Crippen MR) is 74.2 cm³/mol. The van der Waals surface area contributed by atoms with Crippen molar-refractivity contribution < 1.29 is 33.3 Å². The summed E-state index contributed by atoms with van der Waals surface area (Å²) in [5.41, 5.74) is 0.823. The van der Waals surface area contributed by atoms with Crippen LogP contribution in [0.4, 0.5) is 13.2 Å². The number of carboxylic acid groups (broad SMARTS) is 1. The van der Waals surface area contributed by atoms with E-state index in [1.165, 1.54) is 0 Å². The molecule has 0 bridgehead atoms. The molecule has 0 fully saturated rings. The molecule has 3 atom stereocenters. The third kappa shape index (κ3) is 7.26. The Morgan fingerprint density at radius 2 is 2.00 bits per heavy atom. The Kier molecular flexibility index (Phi) is 7.35. The summed E-state index contributed by atoms with van der Waals surface area (Å²) in [5, 5.41) is 28.3. The van der Waals surface area contributed by atoms with Gasteiger partial charge in [0.15, 0.2) is 0 Å². The van der Waals surface area contributed by atoms with E-state index in [2.05, 4.69) is 0 Å². The fourth-order valence-corrected chi connectivity index (χ4v) is 2.76. The van der Waals surface area contributed by atoms with Gasteiger partial charge < -0.3 is 15.3 Å². The van der Waals surface area contributed by atoms with E-state index >= 15 is 0 Å². The summed E-state index contributed by atoms with van der Waals surface area (Å²) in [5.74, 6) is -1.40. The Hall–Kier alpha value is -1.08. The van der Waals surface area contributed by atoms with Crippen molar-refractivity contribution in [3.05, 3.63) is 11.6 Å². The smallest absolute Gasteiger partial charge is 0.389 e. The van der Waals surface area contributed by atoms with Gasteiger partial charge in [0, 0.05) is 12.3 Å². The van der Waals surface area contributed by atoms with Gasteiger partial charge in [-0.05, 0) is 32.1 Å². The summed E-state index contributed by atoms with van der Waals surface area (Å²) in [6.45, 7) is 0. The molecule has 0 spiro atoms. The van der Waals surface area contributed by atoms with Crippen LogP contribution in [0, 0.1) is 5.92 Å². The average molecular weight is 324 g/mol. The summed E-state index contributed by atoms with van der Waals surface area (Å²) < 4.78 is 35.9. The van der Waals surface area contributed by atoms with Crippen molar-refractivity contribution in [2.75, 3.05) is 0 Å². The molecule has 0 amide bonds. The number of rotatable bonds is 9. The lowest BCUT2D eigenvalue weighted by Crippen LogP contribution is -2.20. The summed E-state index contributed by atoms with van der Waals surface area (Å²) in [7, 11) is 0. The van der Waals surface area contributed by atoms with Gasteiger partial charge in [0.1, 0.15) is 0 Å². The van der Waals surface area contributed by atoms with Crippen LogP contribution in [-0.4, -0.2) is 39.7 Å². The number of alkyl halides is 3. The standard InChI is InChI=1S/C15H23F3O4/c16-15(17,18)8-2-1-3-11(19)6-4-10-5-7-13(20)12(10)9-14(21)22/h5,11-13,19-20H,1-4,6-9H2,(H,21,22). The molecule has 0 aromatic heterocycles. The lowest BCUT2D eigenvalue weighted by molar-refractivity contribution is -0.138. The number of hydrogen-bond donors (Lipinski definition) is 3. The second kappa shape index (κ2) is 8.53. The first-order chi connectivity index (χ1) is 10.2. The van der Waals surface area contributed by atoms with Gasteiger partial charge in [-0.3, -0.25) is 4.79 Å². The van der Waals surface area contributed by atoms with Gasteiger partial charge in [-0.15, -0.1) is 0 Å². The normalized spacial score (nSPS) is 23.4. The molecule has 0 heterocycles. The third-order valence-corrected chi connectivity index (χ3v) is 3.97. The van der Waals surface area contributed by atoms with Gasteiger partial charge in [0.2, 0.25) is 0 Å². The molecule has 3 unspecified atom stereocenters. The van der Waals surface area contributed by atoms with Crippen LogP contribution < -0.4 is 0 Å². The molecule has 1 aliphatic rings. The molecule has 22 heavy (non-hydrogen) atoms. The van der Waals surface area contributed by atoms with Gasteiger partial charge in [0.25, 0.3) is 0 Å². The molecular formula is C15H23F3O4. The molecule has 1 aliphatic carbocycles. The van der Waals surface area contributed by atoms with E-state index < -0.39 is 36.7 Å². The van der Waals surface area contributed by atoms with Crippen LogP contribution in [0.1, 0.15) is 51.4 Å². The average Bonchev–Trinajstić information content (AvgIpc) is 2.72. The van der Waals surface area contributed by atoms with E-state index in [9.17, 15) is 28.2 Å². The zero-order chi connectivity index (χ0) is 16.8. The van der Waals surface area contributed by atoms with Gasteiger partial charge in [0.05, 0.1) is 18.6 Å². The van der Waals surface area contributed by atoms with E-state index in [4.69, 9.17) is 5.11 Å². The summed E-state index contributed by atoms with van der Waals surface area (Å²) in [6.07, 6.45) is -2.86. The predicted octanol–water partition coefficient (Wildman–Crippen LogP) is 3.03. The van der Waals surface area contributed by atoms with Crippen molar-refractivity contribution in [1.82, 2.24) is 0 Å². The van der Waals surface area contributed by atoms with Crippen molar-refractivity contribution in [2.45, 2.75) is 69.8 Å². The molecule has 0 radical (unpaired) electrons. The number of aliphatic hydroxyl groups is 2. The topological polar surface area (TPSA) is 77.8 Å². The van der Waals surface area contributed by atoms with Crippen LogP contribution in [0.15, 0.2) is 11.6 Å². The fourth-order valence-electron chi connectivity index (χ4n) is 2.76. The van der Waals surface area contributed by atoms with Crippen LogP contribution >= 0.6 is 0 Å². The molecule has 128 valence electrons. The van der Waals surface area contributed by atoms with Crippen molar-refractivity contribution in [1.29, 1.82) is 0 Å². The van der Waals surface area contributed by atoms with Gasteiger partial charge in [-0.2, -0.15) is 13.2 Å². The summed E-state index contributed by atoms with van der Waals surface area (Å²) >= 11 is 0. The first-order valence-corrected chi connectivity index (χ1v) is 7.52. The maximum Gasteiger partial charge on any atom is 0.389 e. The maximum absolute atomic E-state index is 12.0. The van der Waals surface area contributed by atoms with E-state index in [1.54, 1.807) is 6.08 Å². The maximum atomic E-state index is 12.0. The molecular weight excluding hydrogens is 301 g/mol. The Morgan fingerprint density at radius 1 is 1.32 bits per heavy atom. The Morgan fingerprint density at radius 3 is 2.59 bits per heavy atom. The highest BCUT2D eigenvalue weighted by Gasteiger charge is 2.30. The number of hydrogen-bond acceptors (Lipinski definition) is 3. The van der Waals surface area contributed by atoms with Crippen LogP contribution in [0.2, 0.25) is 0 Å². The number of carbonyl (C=O) groups is 1. The zero-order valence-electron chi connectivity index (χ0n) is 12.4. The Bertz CT molecular complexity index is 393. The molecule has 0 aromatic rings. The lowest BCUT2D eigenvalue weighted by atomic mass is 9.91. The van der Waals surface area contributed by atoms with E-state index in [1.807, 2.05) is 0 Å². The van der Waals surface area contributed by atoms with Crippen LogP contribution in [-0.2, 0) is 4.79 Å². The molecule has 0 aliphatic heterocycles.